The zero-order valence-electron chi connectivity index (χ0n) is 12.9. The predicted octanol–water partition coefficient (Wildman–Crippen LogP) is 4.26. The maximum Gasteiger partial charge on any atom is 0.344 e. The number of hydrogen-bond donors (Lipinski definition) is 1. The minimum absolute atomic E-state index is 0.00422. The van der Waals surface area contributed by atoms with Crippen LogP contribution in [0.3, 0.4) is 0 Å². The van der Waals surface area contributed by atoms with Crippen LogP contribution in [0.15, 0.2) is 69.9 Å². The molecule has 0 aliphatic rings. The Morgan fingerprint density at radius 1 is 1.00 bits per heavy atom. The fourth-order valence-electron chi connectivity index (χ4n) is 2.49. The molecule has 0 atom stereocenters. The second-order valence-electron chi connectivity index (χ2n) is 5.17. The smallest absolute Gasteiger partial charge is 0.344 e. The maximum absolute atomic E-state index is 12.5. The first-order valence-corrected chi connectivity index (χ1v) is 8.06. The van der Waals surface area contributed by atoms with E-state index >= 15 is 0 Å². The largest absolute Gasteiger partial charge is 0.465 e. The van der Waals surface area contributed by atoms with E-state index in [1.807, 2.05) is 54.6 Å². The molecule has 0 aliphatic heterocycles. The van der Waals surface area contributed by atoms with E-state index in [9.17, 15) is 9.59 Å². The van der Waals surface area contributed by atoms with Crippen LogP contribution in [0, 0.1) is 0 Å². The fourth-order valence-corrected chi connectivity index (χ4v) is 2.76. The molecule has 1 heterocycles. The van der Waals surface area contributed by atoms with Gasteiger partial charge in [-0.3, -0.25) is 4.79 Å². The zero-order chi connectivity index (χ0) is 17.1. The first-order valence-electron chi connectivity index (χ1n) is 7.27. The molecule has 4 nitrogen and oxygen atoms in total. The first kappa shape index (κ1) is 16.2. The highest BCUT2D eigenvalue weighted by Gasteiger charge is 2.19. The number of aromatic amines is 1. The quantitative estimate of drug-likeness (QED) is 0.687. The highest BCUT2D eigenvalue weighted by molar-refractivity contribution is 9.10. The van der Waals surface area contributed by atoms with Crippen molar-refractivity contribution in [3.63, 3.8) is 0 Å². The molecular weight excluding hydrogens is 370 g/mol. The number of nitrogens with one attached hydrogen (secondary N) is 1. The van der Waals surface area contributed by atoms with Crippen molar-refractivity contribution in [3.05, 3.63) is 81.1 Å². The van der Waals surface area contributed by atoms with Crippen molar-refractivity contribution in [2.75, 3.05) is 7.11 Å². The monoisotopic (exact) mass is 383 g/mol. The van der Waals surface area contributed by atoms with Crippen LogP contribution in [-0.2, 0) is 4.74 Å². The van der Waals surface area contributed by atoms with Gasteiger partial charge in [-0.25, -0.2) is 4.79 Å². The Kier molecular flexibility index (Phi) is 4.62. The molecule has 1 aromatic heterocycles. The Morgan fingerprint density at radius 3 is 2.29 bits per heavy atom. The van der Waals surface area contributed by atoms with Gasteiger partial charge in [0.15, 0.2) is 0 Å². The topological polar surface area (TPSA) is 59.2 Å². The van der Waals surface area contributed by atoms with Crippen LogP contribution in [0.4, 0.5) is 0 Å². The second kappa shape index (κ2) is 6.84. The van der Waals surface area contributed by atoms with Crippen LogP contribution < -0.4 is 5.56 Å². The number of halogens is 1. The second-order valence-corrected chi connectivity index (χ2v) is 6.08. The number of ether oxygens (including phenoxy) is 1. The van der Waals surface area contributed by atoms with E-state index in [0.29, 0.717) is 11.3 Å². The number of methoxy groups -OCH3 is 1. The van der Waals surface area contributed by atoms with Crippen molar-refractivity contribution in [1.29, 1.82) is 0 Å². The number of carbonyl (C=O) groups excluding carboxylic acids is 1. The van der Waals surface area contributed by atoms with Gasteiger partial charge in [-0.2, -0.15) is 0 Å². The van der Waals surface area contributed by atoms with E-state index in [2.05, 4.69) is 20.9 Å². The summed E-state index contributed by atoms with van der Waals surface area (Å²) in [6.45, 7) is 0. The summed E-state index contributed by atoms with van der Waals surface area (Å²) in [4.78, 5) is 27.3. The molecule has 1 N–H and O–H groups in total. The summed E-state index contributed by atoms with van der Waals surface area (Å²) in [5.74, 6) is -0.655. The number of benzene rings is 2. The van der Waals surface area contributed by atoms with E-state index in [1.54, 1.807) is 6.07 Å². The van der Waals surface area contributed by atoms with Crippen LogP contribution in [0.5, 0.6) is 0 Å². The molecule has 0 unspecified atom stereocenters. The predicted molar refractivity (Wildman–Crippen MR) is 97.0 cm³/mol. The molecule has 0 radical (unpaired) electrons. The highest BCUT2D eigenvalue weighted by atomic mass is 79.9. The fraction of sp³-hybridized carbons (Fsp3) is 0.0526. The number of pyridine rings is 1. The SMILES string of the molecule is COC(=O)c1c(-c2ccccc2)cc(-c2ccc(Br)cc2)[nH]c1=O. The summed E-state index contributed by atoms with van der Waals surface area (Å²) >= 11 is 3.39. The number of rotatable bonds is 3. The van der Waals surface area contributed by atoms with Crippen molar-refractivity contribution < 1.29 is 9.53 Å². The minimum atomic E-state index is -0.655. The Balaban J connectivity index is 2.25. The molecule has 120 valence electrons. The van der Waals surface area contributed by atoms with Gasteiger partial charge in [0.25, 0.3) is 5.56 Å². The average molecular weight is 384 g/mol. The number of hydrogen-bond acceptors (Lipinski definition) is 3. The van der Waals surface area contributed by atoms with Crippen LogP contribution in [0.25, 0.3) is 22.4 Å². The summed E-state index contributed by atoms with van der Waals surface area (Å²) in [5, 5.41) is 0. The van der Waals surface area contributed by atoms with Gasteiger partial charge in [-0.15, -0.1) is 0 Å². The normalized spacial score (nSPS) is 10.4. The third kappa shape index (κ3) is 3.16. The Hall–Kier alpha value is -2.66. The Morgan fingerprint density at radius 2 is 1.67 bits per heavy atom. The highest BCUT2D eigenvalue weighted by Crippen LogP contribution is 2.27. The summed E-state index contributed by atoms with van der Waals surface area (Å²) in [6.07, 6.45) is 0. The standard InChI is InChI=1S/C19H14BrNO3/c1-24-19(23)17-15(12-5-3-2-4-6-12)11-16(21-18(17)22)13-7-9-14(20)10-8-13/h2-11H,1H3,(H,21,22). The van der Waals surface area contributed by atoms with Gasteiger partial charge in [0, 0.05) is 15.7 Å². The van der Waals surface area contributed by atoms with E-state index < -0.39 is 11.5 Å². The first-order chi connectivity index (χ1) is 11.6. The summed E-state index contributed by atoms with van der Waals surface area (Å²) in [6, 6.07) is 18.7. The molecule has 0 fully saturated rings. The number of esters is 1. The van der Waals surface area contributed by atoms with Crippen molar-refractivity contribution in [1.82, 2.24) is 4.98 Å². The Labute approximate surface area is 147 Å². The number of H-pyrrole nitrogens is 1. The maximum atomic E-state index is 12.5. The molecular formula is C19H14BrNO3. The van der Waals surface area contributed by atoms with Gasteiger partial charge in [0.05, 0.1) is 7.11 Å². The average Bonchev–Trinajstić information content (AvgIpc) is 2.62. The van der Waals surface area contributed by atoms with E-state index in [0.717, 1.165) is 15.6 Å². The van der Waals surface area contributed by atoms with E-state index in [4.69, 9.17) is 4.74 Å². The van der Waals surface area contributed by atoms with Gasteiger partial charge in [0.1, 0.15) is 5.56 Å². The van der Waals surface area contributed by atoms with Gasteiger partial charge in [-0.05, 0) is 29.3 Å². The summed E-state index contributed by atoms with van der Waals surface area (Å²) < 4.78 is 5.72. The Bertz CT molecular complexity index is 931. The third-order valence-electron chi connectivity index (χ3n) is 3.66. The molecule has 5 heteroatoms. The van der Waals surface area contributed by atoms with Crippen molar-refractivity contribution in [3.8, 4) is 22.4 Å². The molecule has 0 bridgehead atoms. The molecule has 3 rings (SSSR count). The molecule has 3 aromatic rings. The van der Waals surface area contributed by atoms with Crippen LogP contribution in [0.2, 0.25) is 0 Å². The lowest BCUT2D eigenvalue weighted by Crippen LogP contribution is -2.21. The van der Waals surface area contributed by atoms with Crippen LogP contribution in [0.1, 0.15) is 10.4 Å². The molecule has 0 saturated heterocycles. The zero-order valence-corrected chi connectivity index (χ0v) is 14.5. The van der Waals surface area contributed by atoms with Crippen LogP contribution >= 0.6 is 15.9 Å². The number of carbonyl (C=O) groups is 1. The molecule has 2 aromatic carbocycles. The molecule has 0 saturated carbocycles. The van der Waals surface area contributed by atoms with Gasteiger partial charge < -0.3 is 9.72 Å². The lowest BCUT2D eigenvalue weighted by atomic mass is 9.98. The van der Waals surface area contributed by atoms with Gasteiger partial charge in [0.2, 0.25) is 0 Å². The molecule has 0 spiro atoms. The lowest BCUT2D eigenvalue weighted by molar-refractivity contribution is 0.0599. The molecule has 0 amide bonds. The van der Waals surface area contributed by atoms with Crippen molar-refractivity contribution in [2.45, 2.75) is 0 Å². The molecule has 24 heavy (non-hydrogen) atoms. The van der Waals surface area contributed by atoms with Gasteiger partial charge in [-0.1, -0.05) is 58.4 Å². The van der Waals surface area contributed by atoms with E-state index in [-0.39, 0.29) is 5.56 Å². The lowest BCUT2D eigenvalue weighted by Gasteiger charge is -2.10. The summed E-state index contributed by atoms with van der Waals surface area (Å²) in [5.41, 5.74) is 2.35. The van der Waals surface area contributed by atoms with Gasteiger partial charge >= 0.3 is 5.97 Å². The van der Waals surface area contributed by atoms with Crippen LogP contribution in [-0.4, -0.2) is 18.1 Å². The minimum Gasteiger partial charge on any atom is -0.465 e. The van der Waals surface area contributed by atoms with E-state index in [1.165, 1.54) is 7.11 Å². The number of aromatic nitrogens is 1. The van der Waals surface area contributed by atoms with Crippen molar-refractivity contribution >= 4 is 21.9 Å². The summed E-state index contributed by atoms with van der Waals surface area (Å²) in [7, 11) is 1.26. The van der Waals surface area contributed by atoms with Crippen molar-refractivity contribution in [2.24, 2.45) is 0 Å². The molecule has 0 aliphatic carbocycles. The third-order valence-corrected chi connectivity index (χ3v) is 4.19.